The van der Waals surface area contributed by atoms with Gasteiger partial charge in [-0.05, 0) is 81.3 Å². The van der Waals surface area contributed by atoms with Gasteiger partial charge in [-0.3, -0.25) is 14.5 Å². The van der Waals surface area contributed by atoms with Crippen LogP contribution in [0.5, 0.6) is 5.75 Å². The van der Waals surface area contributed by atoms with Gasteiger partial charge in [0.25, 0.3) is 11.8 Å². The van der Waals surface area contributed by atoms with E-state index in [9.17, 15) is 22.8 Å². The maximum atomic E-state index is 13.9. The summed E-state index contributed by atoms with van der Waals surface area (Å²) in [5.41, 5.74) is 3.84. The standard InChI is InChI=1S/C36H43N5O8S/c1-23-31(39-16-15-38-17-18-47-22-25(38)20-39)10-9-28-27-11-14-40(21-30(27)36(44)49-33(23)28)35(43)24-7-8-29(32(19-24)48-26-5-4-6-26)34(42)37-50(45,46)41-12-2-3-13-41/h7-10,19,25-26H,2-6,11-18,20-22H2,1H3,(H,37,42)/t25-/m1/s1. The lowest BCUT2D eigenvalue weighted by molar-refractivity contribution is -0.0117. The maximum absolute atomic E-state index is 13.9. The smallest absolute Gasteiger partial charge is 0.341 e. The Balaban J connectivity index is 1.03. The molecule has 13 nitrogen and oxygen atoms in total. The molecule has 0 unspecified atom stereocenters. The Morgan fingerprint density at radius 3 is 2.56 bits per heavy atom. The quantitative estimate of drug-likeness (QED) is 0.365. The third-order valence-corrected chi connectivity index (χ3v) is 12.5. The average molecular weight is 706 g/mol. The third kappa shape index (κ3) is 6.16. The summed E-state index contributed by atoms with van der Waals surface area (Å²) in [7, 11) is -4.00. The van der Waals surface area contributed by atoms with Crippen molar-refractivity contribution >= 4 is 38.7 Å². The number of fused-ring (bicyclic) bond motifs is 4. The first-order valence-corrected chi connectivity index (χ1v) is 19.2. The normalized spacial score (nSPS) is 21.8. The molecule has 4 aliphatic heterocycles. The molecule has 0 bridgehead atoms. The maximum Gasteiger partial charge on any atom is 0.341 e. The molecule has 1 aromatic heterocycles. The van der Waals surface area contributed by atoms with E-state index in [1.54, 1.807) is 4.90 Å². The van der Waals surface area contributed by atoms with E-state index in [-0.39, 0.29) is 35.4 Å². The van der Waals surface area contributed by atoms with E-state index in [1.807, 2.05) is 13.0 Å². The number of nitrogens with one attached hydrogen (secondary N) is 1. The van der Waals surface area contributed by atoms with Crippen molar-refractivity contribution in [3.63, 3.8) is 0 Å². The highest BCUT2D eigenvalue weighted by molar-refractivity contribution is 7.87. The number of benzene rings is 2. The number of hydrogen-bond donors (Lipinski definition) is 1. The van der Waals surface area contributed by atoms with E-state index >= 15 is 0 Å². The minimum atomic E-state index is -4.00. The SMILES string of the molecule is Cc1c(N2CCN3CCOC[C@H]3C2)ccc2c3c(c(=O)oc12)CN(C(=O)c1ccc(C(=O)NS(=O)(=O)N2CCCC2)c(OC2CCC2)c1)CC3. The molecule has 5 aliphatic rings. The number of nitrogens with zero attached hydrogens (tertiary/aromatic N) is 4. The van der Waals surface area contributed by atoms with Gasteiger partial charge < -0.3 is 23.7 Å². The van der Waals surface area contributed by atoms with Crippen molar-refractivity contribution in [3.05, 3.63) is 68.6 Å². The number of rotatable bonds is 7. The molecule has 1 saturated carbocycles. The molecular formula is C36H43N5O8S. The van der Waals surface area contributed by atoms with Crippen LogP contribution >= 0.6 is 0 Å². The van der Waals surface area contributed by atoms with Crippen molar-refractivity contribution in [1.29, 1.82) is 0 Å². The molecule has 50 heavy (non-hydrogen) atoms. The van der Waals surface area contributed by atoms with Gasteiger partial charge in [0, 0.05) is 68.0 Å². The van der Waals surface area contributed by atoms with Crippen LogP contribution in [0.4, 0.5) is 5.69 Å². The largest absolute Gasteiger partial charge is 0.490 e. The lowest BCUT2D eigenvalue weighted by Crippen LogP contribution is -2.58. The zero-order valence-corrected chi connectivity index (χ0v) is 29.1. The second kappa shape index (κ2) is 13.3. The minimum absolute atomic E-state index is 0.0519. The van der Waals surface area contributed by atoms with E-state index in [4.69, 9.17) is 13.9 Å². The first-order chi connectivity index (χ1) is 24.2. The summed E-state index contributed by atoms with van der Waals surface area (Å²) in [5, 5.41) is 0.892. The second-order valence-electron chi connectivity index (χ2n) is 14.0. The molecule has 0 spiro atoms. The van der Waals surface area contributed by atoms with Gasteiger partial charge in [0.1, 0.15) is 11.3 Å². The molecular weight excluding hydrogens is 662 g/mol. The Labute approximate surface area is 291 Å². The fourth-order valence-electron chi connectivity index (χ4n) is 7.89. The molecule has 2 amide bonds. The molecule has 3 saturated heterocycles. The second-order valence-corrected chi connectivity index (χ2v) is 15.7. The van der Waals surface area contributed by atoms with Crippen LogP contribution < -0.4 is 20.0 Å². The summed E-state index contributed by atoms with van der Waals surface area (Å²) in [5.74, 6) is -0.950. The van der Waals surface area contributed by atoms with Gasteiger partial charge >= 0.3 is 15.8 Å². The summed E-state index contributed by atoms with van der Waals surface area (Å²) < 4.78 is 46.9. The number of ether oxygens (including phenoxy) is 2. The first kappa shape index (κ1) is 33.2. The average Bonchev–Trinajstić information content (AvgIpc) is 3.66. The number of piperazine rings is 1. The lowest BCUT2D eigenvalue weighted by atomic mass is 9.95. The van der Waals surface area contributed by atoms with Crippen LogP contribution in [0.2, 0.25) is 0 Å². The van der Waals surface area contributed by atoms with Gasteiger partial charge in [-0.1, -0.05) is 0 Å². The van der Waals surface area contributed by atoms with Crippen molar-refractivity contribution in [2.45, 2.75) is 64.1 Å². The van der Waals surface area contributed by atoms with Gasteiger partial charge in [-0.15, -0.1) is 0 Å². The number of morpholine rings is 1. The molecule has 1 N–H and O–H groups in total. The third-order valence-electron chi connectivity index (χ3n) is 11.0. The molecule has 3 aromatic rings. The van der Waals surface area contributed by atoms with Gasteiger partial charge in [-0.2, -0.15) is 12.7 Å². The summed E-state index contributed by atoms with van der Waals surface area (Å²) in [6.07, 6.45) is 4.48. The molecule has 1 aliphatic carbocycles. The predicted octanol–water partition coefficient (Wildman–Crippen LogP) is 2.82. The van der Waals surface area contributed by atoms with E-state index in [0.717, 1.165) is 93.7 Å². The number of aryl methyl sites for hydroxylation is 1. The molecule has 0 radical (unpaired) electrons. The van der Waals surface area contributed by atoms with Crippen molar-refractivity contribution in [2.75, 3.05) is 63.9 Å². The van der Waals surface area contributed by atoms with Crippen LogP contribution in [0.3, 0.4) is 0 Å². The first-order valence-electron chi connectivity index (χ1n) is 17.7. The highest BCUT2D eigenvalue weighted by Crippen LogP contribution is 2.35. The topological polar surface area (TPSA) is 142 Å². The summed E-state index contributed by atoms with van der Waals surface area (Å²) in [6.45, 7) is 8.39. The Kier molecular flexibility index (Phi) is 8.82. The highest BCUT2D eigenvalue weighted by atomic mass is 32.2. The molecule has 1 atom stereocenters. The van der Waals surface area contributed by atoms with E-state index in [1.165, 1.54) is 22.5 Å². The molecule has 5 heterocycles. The van der Waals surface area contributed by atoms with Gasteiger partial charge in [0.15, 0.2) is 0 Å². The fraction of sp³-hybridized carbons (Fsp3) is 0.528. The Morgan fingerprint density at radius 2 is 1.78 bits per heavy atom. The van der Waals surface area contributed by atoms with Crippen LogP contribution in [-0.2, 0) is 27.9 Å². The molecule has 266 valence electrons. The van der Waals surface area contributed by atoms with Crippen LogP contribution in [0, 0.1) is 6.92 Å². The number of amides is 2. The summed E-state index contributed by atoms with van der Waals surface area (Å²) in [4.78, 5) is 47.1. The van der Waals surface area contributed by atoms with Gasteiger partial charge in [-0.25, -0.2) is 9.52 Å². The Hall–Kier alpha value is -3.98. The summed E-state index contributed by atoms with van der Waals surface area (Å²) >= 11 is 0. The number of carbonyl (C=O) groups excluding carboxylic acids is 2. The van der Waals surface area contributed by atoms with Crippen LogP contribution in [0.15, 0.2) is 39.5 Å². The Bertz CT molecular complexity index is 2010. The van der Waals surface area contributed by atoms with Crippen molar-refractivity contribution in [3.8, 4) is 5.75 Å². The predicted molar refractivity (Wildman–Crippen MR) is 186 cm³/mol. The molecule has 2 aromatic carbocycles. The van der Waals surface area contributed by atoms with Crippen LogP contribution in [-0.4, -0.2) is 106 Å². The van der Waals surface area contributed by atoms with E-state index in [0.29, 0.717) is 43.2 Å². The number of anilines is 1. The van der Waals surface area contributed by atoms with Gasteiger partial charge in [0.05, 0.1) is 43.0 Å². The molecule has 8 rings (SSSR count). The highest BCUT2D eigenvalue weighted by Gasteiger charge is 2.33. The lowest BCUT2D eigenvalue weighted by Gasteiger charge is -2.45. The zero-order chi connectivity index (χ0) is 34.6. The van der Waals surface area contributed by atoms with E-state index < -0.39 is 21.7 Å². The van der Waals surface area contributed by atoms with Crippen molar-refractivity contribution < 1.29 is 31.9 Å². The van der Waals surface area contributed by atoms with Crippen molar-refractivity contribution in [2.24, 2.45) is 0 Å². The Morgan fingerprint density at radius 1 is 0.960 bits per heavy atom. The number of hydrogen-bond acceptors (Lipinski definition) is 10. The van der Waals surface area contributed by atoms with Gasteiger partial charge in [0.2, 0.25) is 0 Å². The number of carbonyl (C=O) groups is 2. The molecule has 14 heteroatoms. The minimum Gasteiger partial charge on any atom is -0.490 e. The molecule has 4 fully saturated rings. The van der Waals surface area contributed by atoms with Crippen molar-refractivity contribution in [1.82, 2.24) is 18.8 Å². The van der Waals surface area contributed by atoms with Crippen LogP contribution in [0.1, 0.15) is 69.5 Å². The monoisotopic (exact) mass is 705 g/mol. The van der Waals surface area contributed by atoms with Crippen LogP contribution in [0.25, 0.3) is 11.0 Å². The fourth-order valence-corrected chi connectivity index (χ4v) is 9.10. The zero-order valence-electron chi connectivity index (χ0n) is 28.3. The summed E-state index contributed by atoms with van der Waals surface area (Å²) in [6, 6.07) is 8.97. The van der Waals surface area contributed by atoms with E-state index in [2.05, 4.69) is 20.6 Å².